The summed E-state index contributed by atoms with van der Waals surface area (Å²) in [6, 6.07) is 17.8. The summed E-state index contributed by atoms with van der Waals surface area (Å²) in [4.78, 5) is 4.65. The Balaban J connectivity index is 1.86. The summed E-state index contributed by atoms with van der Waals surface area (Å²) in [5.41, 5.74) is 5.12. The minimum Gasteiger partial charge on any atom is -0.490 e. The van der Waals surface area contributed by atoms with E-state index >= 15 is 0 Å². The first kappa shape index (κ1) is 21.4. The molecular formula is C24H23BrClNO2. The molecule has 3 rings (SSSR count). The second kappa shape index (κ2) is 9.95. The molecule has 0 aliphatic carbocycles. The molecule has 0 aliphatic rings. The Morgan fingerprint density at radius 2 is 1.83 bits per heavy atom. The van der Waals surface area contributed by atoms with Gasteiger partial charge in [-0.2, -0.15) is 0 Å². The van der Waals surface area contributed by atoms with Gasteiger partial charge in [-0.1, -0.05) is 41.9 Å². The van der Waals surface area contributed by atoms with Crippen molar-refractivity contribution in [2.24, 2.45) is 4.99 Å². The lowest BCUT2D eigenvalue weighted by molar-refractivity contribution is 0.267. The van der Waals surface area contributed by atoms with Gasteiger partial charge in [0.2, 0.25) is 0 Å². The van der Waals surface area contributed by atoms with Crippen LogP contribution in [0.3, 0.4) is 0 Å². The average Bonchev–Trinajstić information content (AvgIpc) is 2.69. The molecular weight excluding hydrogens is 450 g/mol. The fraction of sp³-hybridized carbons (Fsp3) is 0.208. The Kier molecular flexibility index (Phi) is 7.34. The molecule has 0 unspecified atom stereocenters. The number of halogens is 2. The van der Waals surface area contributed by atoms with Gasteiger partial charge in [0, 0.05) is 16.8 Å². The number of ether oxygens (including phenoxy) is 2. The van der Waals surface area contributed by atoms with Crippen molar-refractivity contribution < 1.29 is 9.47 Å². The van der Waals surface area contributed by atoms with Crippen LogP contribution in [0.1, 0.15) is 29.2 Å². The van der Waals surface area contributed by atoms with Crippen LogP contribution in [-0.4, -0.2) is 12.8 Å². The topological polar surface area (TPSA) is 30.8 Å². The molecule has 0 radical (unpaired) electrons. The molecule has 0 spiro atoms. The fourth-order valence-corrected chi connectivity index (χ4v) is 3.60. The first-order valence-corrected chi connectivity index (χ1v) is 10.6. The maximum absolute atomic E-state index is 6.24. The summed E-state index contributed by atoms with van der Waals surface area (Å²) in [5, 5.41) is 0.680. The van der Waals surface area contributed by atoms with Crippen molar-refractivity contribution in [3.8, 4) is 11.5 Å². The van der Waals surface area contributed by atoms with E-state index in [1.807, 2.05) is 49.5 Å². The van der Waals surface area contributed by atoms with Gasteiger partial charge in [-0.3, -0.25) is 4.99 Å². The predicted octanol–water partition coefficient (Wildman–Crippen LogP) is 7.45. The molecule has 0 aromatic heterocycles. The minimum atomic E-state index is 0.355. The quantitative estimate of drug-likeness (QED) is 0.334. The molecule has 0 heterocycles. The molecule has 0 N–H and O–H groups in total. The lowest BCUT2D eigenvalue weighted by Crippen LogP contribution is -2.02. The monoisotopic (exact) mass is 471 g/mol. The van der Waals surface area contributed by atoms with Crippen LogP contribution >= 0.6 is 27.5 Å². The summed E-state index contributed by atoms with van der Waals surface area (Å²) in [6.07, 6.45) is 1.84. The van der Waals surface area contributed by atoms with Gasteiger partial charge in [0.05, 0.1) is 16.8 Å². The van der Waals surface area contributed by atoms with Crippen LogP contribution in [0.4, 0.5) is 5.69 Å². The lowest BCUT2D eigenvalue weighted by Gasteiger charge is -2.15. The molecule has 0 atom stereocenters. The summed E-state index contributed by atoms with van der Waals surface area (Å²) < 4.78 is 12.7. The van der Waals surface area contributed by atoms with E-state index in [1.54, 1.807) is 0 Å². The third-order valence-corrected chi connectivity index (χ3v) is 5.34. The largest absolute Gasteiger partial charge is 0.490 e. The molecule has 3 aromatic carbocycles. The highest BCUT2D eigenvalue weighted by atomic mass is 79.9. The second-order valence-corrected chi connectivity index (χ2v) is 7.95. The molecule has 0 amide bonds. The van der Waals surface area contributed by atoms with Gasteiger partial charge in [-0.15, -0.1) is 0 Å². The lowest BCUT2D eigenvalue weighted by atomic mass is 10.1. The Labute approximate surface area is 185 Å². The van der Waals surface area contributed by atoms with Crippen molar-refractivity contribution in [3.63, 3.8) is 0 Å². The Hall–Kier alpha value is -2.30. The summed E-state index contributed by atoms with van der Waals surface area (Å²) >= 11 is 9.85. The van der Waals surface area contributed by atoms with Gasteiger partial charge in [0.1, 0.15) is 6.61 Å². The van der Waals surface area contributed by atoms with Crippen molar-refractivity contribution in [3.05, 3.63) is 86.3 Å². The smallest absolute Gasteiger partial charge is 0.175 e. The standard InChI is InChI=1S/C24H23BrClNO2/c1-4-28-23-13-18(14-27-22-11-16(2)9-10-17(22)3)12-20(25)24(23)29-15-19-7-5-6-8-21(19)26/h5-14H,4,15H2,1-3H3. The van der Waals surface area contributed by atoms with Crippen molar-refractivity contribution in [2.75, 3.05) is 6.61 Å². The SMILES string of the molecule is CCOc1cc(C=Nc2cc(C)ccc2C)cc(Br)c1OCc1ccccc1Cl. The van der Waals surface area contributed by atoms with Crippen molar-refractivity contribution >= 4 is 39.4 Å². The first-order valence-electron chi connectivity index (χ1n) is 9.41. The first-order chi connectivity index (χ1) is 14.0. The van der Waals surface area contributed by atoms with E-state index in [1.165, 1.54) is 5.56 Å². The van der Waals surface area contributed by atoms with E-state index < -0.39 is 0 Å². The van der Waals surface area contributed by atoms with Gasteiger partial charge >= 0.3 is 0 Å². The molecule has 5 heteroatoms. The van der Waals surface area contributed by atoms with E-state index in [9.17, 15) is 0 Å². The van der Waals surface area contributed by atoms with E-state index in [-0.39, 0.29) is 0 Å². The number of aliphatic imine (C=N–C) groups is 1. The summed E-state index contributed by atoms with van der Waals surface area (Å²) in [5.74, 6) is 1.31. The molecule has 0 fully saturated rings. The van der Waals surface area contributed by atoms with Crippen molar-refractivity contribution in [1.82, 2.24) is 0 Å². The van der Waals surface area contributed by atoms with Gasteiger partial charge in [-0.05, 0) is 77.7 Å². The number of nitrogens with zero attached hydrogens (tertiary/aromatic N) is 1. The Bertz CT molecular complexity index is 1030. The van der Waals surface area contributed by atoms with Crippen molar-refractivity contribution in [2.45, 2.75) is 27.4 Å². The zero-order valence-corrected chi connectivity index (χ0v) is 19.0. The zero-order chi connectivity index (χ0) is 20.8. The summed E-state index contributed by atoms with van der Waals surface area (Å²) in [7, 11) is 0. The number of aryl methyl sites for hydroxylation is 2. The van der Waals surface area contributed by atoms with E-state index in [0.717, 1.165) is 26.9 Å². The molecule has 150 valence electrons. The Morgan fingerprint density at radius 3 is 2.59 bits per heavy atom. The number of hydrogen-bond donors (Lipinski definition) is 0. The van der Waals surface area contributed by atoms with Crippen LogP contribution in [0.2, 0.25) is 5.02 Å². The van der Waals surface area contributed by atoms with Gasteiger partial charge in [0.15, 0.2) is 11.5 Å². The normalized spacial score (nSPS) is 11.1. The summed E-state index contributed by atoms with van der Waals surface area (Å²) in [6.45, 7) is 6.95. The zero-order valence-electron chi connectivity index (χ0n) is 16.7. The minimum absolute atomic E-state index is 0.355. The highest BCUT2D eigenvalue weighted by Crippen LogP contribution is 2.37. The predicted molar refractivity (Wildman–Crippen MR) is 124 cm³/mol. The third kappa shape index (κ3) is 5.62. The molecule has 0 saturated carbocycles. The second-order valence-electron chi connectivity index (χ2n) is 6.69. The molecule has 0 bridgehead atoms. The maximum atomic E-state index is 6.24. The highest BCUT2D eigenvalue weighted by molar-refractivity contribution is 9.10. The van der Waals surface area contributed by atoms with E-state index in [0.29, 0.717) is 29.7 Å². The number of benzene rings is 3. The Morgan fingerprint density at radius 1 is 1.03 bits per heavy atom. The third-order valence-electron chi connectivity index (χ3n) is 4.38. The molecule has 3 aromatic rings. The molecule has 29 heavy (non-hydrogen) atoms. The van der Waals surface area contributed by atoms with Crippen molar-refractivity contribution in [1.29, 1.82) is 0 Å². The maximum Gasteiger partial charge on any atom is 0.175 e. The van der Waals surface area contributed by atoms with Crippen LogP contribution in [0.5, 0.6) is 11.5 Å². The van der Waals surface area contributed by atoms with Crippen LogP contribution in [-0.2, 0) is 6.61 Å². The van der Waals surface area contributed by atoms with E-state index in [4.69, 9.17) is 21.1 Å². The van der Waals surface area contributed by atoms with E-state index in [2.05, 4.69) is 53.0 Å². The van der Waals surface area contributed by atoms with Crippen LogP contribution < -0.4 is 9.47 Å². The van der Waals surface area contributed by atoms with Crippen LogP contribution in [0.15, 0.2) is 64.1 Å². The molecule has 3 nitrogen and oxygen atoms in total. The fourth-order valence-electron chi connectivity index (χ4n) is 2.83. The van der Waals surface area contributed by atoms with Crippen LogP contribution in [0.25, 0.3) is 0 Å². The average molecular weight is 473 g/mol. The number of hydrogen-bond acceptors (Lipinski definition) is 3. The van der Waals surface area contributed by atoms with Crippen LogP contribution in [0, 0.1) is 13.8 Å². The molecule has 0 aliphatic heterocycles. The van der Waals surface area contributed by atoms with Gasteiger partial charge < -0.3 is 9.47 Å². The molecule has 0 saturated heterocycles. The van der Waals surface area contributed by atoms with Gasteiger partial charge in [-0.25, -0.2) is 0 Å². The highest BCUT2D eigenvalue weighted by Gasteiger charge is 2.13. The number of rotatable bonds is 7. The van der Waals surface area contributed by atoms with Gasteiger partial charge in [0.25, 0.3) is 0 Å².